The maximum absolute atomic E-state index is 10.6. The van der Waals surface area contributed by atoms with E-state index in [1.807, 2.05) is 18.2 Å². The fourth-order valence-electron chi connectivity index (χ4n) is 1.83. The van der Waals surface area contributed by atoms with Crippen LogP contribution in [0.4, 0.5) is 5.69 Å². The Morgan fingerprint density at radius 1 is 1.10 bits per heavy atom. The van der Waals surface area contributed by atoms with Crippen molar-refractivity contribution in [2.45, 2.75) is 11.2 Å². The third-order valence-corrected chi connectivity index (χ3v) is 4.86. The summed E-state index contributed by atoms with van der Waals surface area (Å²) in [5, 5.41) is 10.6. The lowest BCUT2D eigenvalue weighted by Crippen LogP contribution is -1.97. The Bertz CT molecular complexity index is 629. The monoisotopic (exact) mass is 461 g/mol. The number of halogens is 3. The van der Waals surface area contributed by atoms with Crippen LogP contribution in [-0.2, 0) is 6.42 Å². The molecule has 2 aromatic rings. The topological polar surface area (TPSA) is 43.1 Å². The molecule has 0 saturated heterocycles. The molecule has 104 valence electrons. The van der Waals surface area contributed by atoms with Crippen LogP contribution in [0.3, 0.4) is 0 Å². The van der Waals surface area contributed by atoms with E-state index in [0.29, 0.717) is 0 Å². The smallest absolute Gasteiger partial charge is 0.258 e. The maximum atomic E-state index is 10.6. The average molecular weight is 464 g/mol. The Kier molecular flexibility index (Phi) is 5.35. The maximum Gasteiger partial charge on any atom is 0.269 e. The molecule has 0 aliphatic heterocycles. The van der Waals surface area contributed by atoms with E-state index in [9.17, 15) is 10.1 Å². The highest BCUT2D eigenvalue weighted by Crippen LogP contribution is 2.34. The first-order chi connectivity index (χ1) is 9.47. The SMILES string of the molecule is O=[N+]([O-])c1ccc(CC(Br)c2ccc(Br)cc2Br)cc1. The number of hydrogen-bond acceptors (Lipinski definition) is 2. The van der Waals surface area contributed by atoms with Gasteiger partial charge >= 0.3 is 0 Å². The Morgan fingerprint density at radius 3 is 2.30 bits per heavy atom. The summed E-state index contributed by atoms with van der Waals surface area (Å²) >= 11 is 10.6. The predicted octanol–water partition coefficient (Wildman–Crippen LogP) is 5.80. The Hall–Kier alpha value is -0.720. The van der Waals surface area contributed by atoms with Crippen LogP contribution in [0.5, 0.6) is 0 Å². The number of hydrogen-bond donors (Lipinski definition) is 0. The molecule has 0 aliphatic carbocycles. The first-order valence-corrected chi connectivity index (χ1v) is 8.30. The van der Waals surface area contributed by atoms with Gasteiger partial charge in [0.25, 0.3) is 5.69 Å². The third kappa shape index (κ3) is 3.90. The van der Waals surface area contributed by atoms with Gasteiger partial charge in [-0.05, 0) is 29.7 Å². The van der Waals surface area contributed by atoms with Gasteiger partial charge in [0.1, 0.15) is 0 Å². The van der Waals surface area contributed by atoms with E-state index < -0.39 is 0 Å². The second-order valence-electron chi connectivity index (χ2n) is 4.26. The van der Waals surface area contributed by atoms with Crippen LogP contribution in [0.1, 0.15) is 16.0 Å². The minimum absolute atomic E-state index is 0.115. The molecule has 0 amide bonds. The Morgan fingerprint density at radius 2 is 1.75 bits per heavy atom. The first kappa shape index (κ1) is 15.7. The molecule has 3 nitrogen and oxygen atoms in total. The van der Waals surface area contributed by atoms with Crippen molar-refractivity contribution in [2.75, 3.05) is 0 Å². The van der Waals surface area contributed by atoms with Crippen molar-refractivity contribution in [2.24, 2.45) is 0 Å². The van der Waals surface area contributed by atoms with E-state index in [4.69, 9.17) is 0 Å². The molecule has 0 aromatic heterocycles. The van der Waals surface area contributed by atoms with Gasteiger partial charge in [0.2, 0.25) is 0 Å². The van der Waals surface area contributed by atoms with Crippen LogP contribution in [0.2, 0.25) is 0 Å². The van der Waals surface area contributed by atoms with Gasteiger partial charge in [0.05, 0.1) is 4.92 Å². The van der Waals surface area contributed by atoms with Crippen LogP contribution in [0.25, 0.3) is 0 Å². The van der Waals surface area contributed by atoms with Crippen LogP contribution in [-0.4, -0.2) is 4.92 Å². The molecule has 0 radical (unpaired) electrons. The second kappa shape index (κ2) is 6.83. The van der Waals surface area contributed by atoms with Crippen LogP contribution in [0.15, 0.2) is 51.4 Å². The van der Waals surface area contributed by atoms with Crippen molar-refractivity contribution >= 4 is 53.5 Å². The number of rotatable bonds is 4. The zero-order chi connectivity index (χ0) is 14.7. The molecule has 20 heavy (non-hydrogen) atoms. The molecule has 6 heteroatoms. The van der Waals surface area contributed by atoms with E-state index in [0.717, 1.165) is 26.5 Å². The van der Waals surface area contributed by atoms with E-state index in [1.165, 1.54) is 12.1 Å². The lowest BCUT2D eigenvalue weighted by Gasteiger charge is -2.12. The summed E-state index contributed by atoms with van der Waals surface area (Å²) in [5.41, 5.74) is 2.31. The molecule has 0 heterocycles. The third-order valence-electron chi connectivity index (χ3n) is 2.86. The van der Waals surface area contributed by atoms with E-state index in [2.05, 4.69) is 47.8 Å². The highest BCUT2D eigenvalue weighted by molar-refractivity contribution is 9.11. The Balaban J connectivity index is 2.14. The van der Waals surface area contributed by atoms with Gasteiger partial charge in [-0.1, -0.05) is 66.0 Å². The van der Waals surface area contributed by atoms with Crippen molar-refractivity contribution in [3.05, 3.63) is 72.7 Å². The Labute approximate surface area is 141 Å². The minimum atomic E-state index is -0.388. The standard InChI is InChI=1S/C14H10Br3NO2/c15-10-3-6-12(14(17)8-10)13(16)7-9-1-4-11(5-2-9)18(19)20/h1-6,8,13H,7H2. The van der Waals surface area contributed by atoms with Crippen molar-refractivity contribution in [1.82, 2.24) is 0 Å². The summed E-state index contributed by atoms with van der Waals surface area (Å²) in [7, 11) is 0. The van der Waals surface area contributed by atoms with Gasteiger partial charge < -0.3 is 0 Å². The minimum Gasteiger partial charge on any atom is -0.258 e. The fourth-order valence-corrected chi connectivity index (χ4v) is 4.23. The van der Waals surface area contributed by atoms with Gasteiger partial charge in [-0.15, -0.1) is 0 Å². The molecule has 0 spiro atoms. The molecule has 1 atom stereocenters. The average Bonchev–Trinajstić information content (AvgIpc) is 2.39. The molecular formula is C14H10Br3NO2. The summed E-state index contributed by atoms with van der Waals surface area (Å²) in [6.07, 6.45) is 0.762. The number of nitro benzene ring substituents is 1. The number of nitro groups is 1. The number of alkyl halides is 1. The van der Waals surface area contributed by atoms with E-state index in [-0.39, 0.29) is 15.4 Å². The second-order valence-corrected chi connectivity index (χ2v) is 7.14. The molecule has 0 saturated carbocycles. The lowest BCUT2D eigenvalue weighted by molar-refractivity contribution is -0.384. The number of nitrogens with zero attached hydrogens (tertiary/aromatic N) is 1. The summed E-state index contributed by atoms with van der Waals surface area (Å²) in [6, 6.07) is 12.7. The van der Waals surface area contributed by atoms with Crippen LogP contribution < -0.4 is 0 Å². The normalized spacial score (nSPS) is 12.2. The molecule has 0 bridgehead atoms. The van der Waals surface area contributed by atoms with Crippen molar-refractivity contribution < 1.29 is 4.92 Å². The molecular weight excluding hydrogens is 454 g/mol. The molecule has 1 unspecified atom stereocenters. The number of benzene rings is 2. The molecule has 0 N–H and O–H groups in total. The molecule has 2 aromatic carbocycles. The summed E-state index contributed by atoms with van der Waals surface area (Å²) in [5.74, 6) is 0. The number of non-ortho nitro benzene ring substituents is 1. The quantitative estimate of drug-likeness (QED) is 0.327. The highest BCUT2D eigenvalue weighted by atomic mass is 79.9. The lowest BCUT2D eigenvalue weighted by atomic mass is 10.0. The molecule has 0 aliphatic rings. The van der Waals surface area contributed by atoms with Gasteiger partial charge in [-0.3, -0.25) is 10.1 Å². The van der Waals surface area contributed by atoms with Gasteiger partial charge in [0, 0.05) is 25.9 Å². The predicted molar refractivity (Wildman–Crippen MR) is 90.3 cm³/mol. The van der Waals surface area contributed by atoms with Gasteiger partial charge in [0.15, 0.2) is 0 Å². The van der Waals surface area contributed by atoms with Crippen LogP contribution in [0, 0.1) is 10.1 Å². The van der Waals surface area contributed by atoms with Crippen molar-refractivity contribution in [3.63, 3.8) is 0 Å². The van der Waals surface area contributed by atoms with E-state index in [1.54, 1.807) is 12.1 Å². The molecule has 2 rings (SSSR count). The van der Waals surface area contributed by atoms with Crippen LogP contribution >= 0.6 is 47.8 Å². The first-order valence-electron chi connectivity index (χ1n) is 5.79. The summed E-state index contributed by atoms with van der Waals surface area (Å²) < 4.78 is 2.04. The summed E-state index contributed by atoms with van der Waals surface area (Å²) in [6.45, 7) is 0. The summed E-state index contributed by atoms with van der Waals surface area (Å²) in [4.78, 5) is 10.4. The largest absolute Gasteiger partial charge is 0.269 e. The van der Waals surface area contributed by atoms with Crippen molar-refractivity contribution in [1.29, 1.82) is 0 Å². The molecule has 0 fully saturated rings. The zero-order valence-electron chi connectivity index (χ0n) is 10.2. The fraction of sp³-hybridized carbons (Fsp3) is 0.143. The van der Waals surface area contributed by atoms with Gasteiger partial charge in [-0.25, -0.2) is 0 Å². The van der Waals surface area contributed by atoms with E-state index >= 15 is 0 Å². The van der Waals surface area contributed by atoms with Crippen molar-refractivity contribution in [3.8, 4) is 0 Å². The zero-order valence-corrected chi connectivity index (χ0v) is 15.0. The highest BCUT2D eigenvalue weighted by Gasteiger charge is 2.13. The van der Waals surface area contributed by atoms with Gasteiger partial charge in [-0.2, -0.15) is 0 Å².